The fraction of sp³-hybridized carbons (Fsp3) is 0.0909. The van der Waals surface area contributed by atoms with E-state index in [0.717, 1.165) is 4.47 Å². The van der Waals surface area contributed by atoms with Crippen LogP contribution in [-0.4, -0.2) is 24.0 Å². The van der Waals surface area contributed by atoms with Crippen molar-refractivity contribution in [3.8, 4) is 11.5 Å². The summed E-state index contributed by atoms with van der Waals surface area (Å²) in [6, 6.07) is 21.0. The third kappa shape index (κ3) is 3.74. The number of hydrogen-bond acceptors (Lipinski definition) is 5. The molecule has 7 heteroatoms. The maximum atomic E-state index is 13.0. The number of aliphatic hydroxyl groups is 1. The van der Waals surface area contributed by atoms with Gasteiger partial charge in [-0.3, -0.25) is 4.79 Å². The molecule has 1 aliphatic rings. The Labute approximate surface area is 175 Å². The highest BCUT2D eigenvalue weighted by molar-refractivity contribution is 9.10. The lowest BCUT2D eigenvalue weighted by atomic mass is 9.85. The van der Waals surface area contributed by atoms with Crippen molar-refractivity contribution in [2.24, 2.45) is 5.10 Å². The minimum atomic E-state index is -1.88. The van der Waals surface area contributed by atoms with Crippen molar-refractivity contribution in [2.45, 2.75) is 5.60 Å². The van der Waals surface area contributed by atoms with Gasteiger partial charge in [0.2, 0.25) is 6.79 Å². The van der Waals surface area contributed by atoms with Gasteiger partial charge in [0.05, 0.1) is 6.21 Å². The third-order valence-corrected chi connectivity index (χ3v) is 5.26. The number of nitrogens with one attached hydrogen (secondary N) is 1. The molecule has 0 bridgehead atoms. The summed E-state index contributed by atoms with van der Waals surface area (Å²) in [6.45, 7) is 0.167. The van der Waals surface area contributed by atoms with Crippen LogP contribution in [0.4, 0.5) is 0 Å². The topological polar surface area (TPSA) is 80.2 Å². The Kier molecular flexibility index (Phi) is 5.33. The van der Waals surface area contributed by atoms with Crippen LogP contribution in [0.3, 0.4) is 0 Å². The molecule has 0 saturated heterocycles. The summed E-state index contributed by atoms with van der Waals surface area (Å²) in [7, 11) is 0. The maximum Gasteiger partial charge on any atom is 0.281 e. The molecule has 0 aliphatic carbocycles. The number of carbonyl (C=O) groups is 1. The van der Waals surface area contributed by atoms with Crippen molar-refractivity contribution in [3.05, 3.63) is 94.0 Å². The van der Waals surface area contributed by atoms with E-state index in [2.05, 4.69) is 26.5 Å². The molecule has 1 amide bonds. The van der Waals surface area contributed by atoms with E-state index in [1.54, 1.807) is 60.7 Å². The first-order chi connectivity index (χ1) is 14.1. The Balaban J connectivity index is 1.60. The van der Waals surface area contributed by atoms with Crippen LogP contribution in [0.2, 0.25) is 0 Å². The van der Waals surface area contributed by atoms with Crippen molar-refractivity contribution in [2.75, 3.05) is 6.79 Å². The molecule has 0 radical (unpaired) electrons. The SMILES string of the molecule is O=C(NN=Cc1cc2c(cc1Br)OCO2)C(O)(c1ccccc1)c1ccccc1. The number of hydrazone groups is 1. The second-order valence-electron chi connectivity index (χ2n) is 6.37. The van der Waals surface area contributed by atoms with Crippen molar-refractivity contribution < 1.29 is 19.4 Å². The van der Waals surface area contributed by atoms with Crippen molar-refractivity contribution >= 4 is 28.1 Å². The zero-order valence-corrected chi connectivity index (χ0v) is 16.8. The van der Waals surface area contributed by atoms with E-state index >= 15 is 0 Å². The number of amides is 1. The summed E-state index contributed by atoms with van der Waals surface area (Å²) in [4.78, 5) is 13.0. The van der Waals surface area contributed by atoms with Crippen molar-refractivity contribution in [1.82, 2.24) is 5.43 Å². The zero-order valence-electron chi connectivity index (χ0n) is 15.2. The minimum Gasteiger partial charge on any atom is -0.454 e. The lowest BCUT2D eigenvalue weighted by molar-refractivity contribution is -0.136. The van der Waals surface area contributed by atoms with E-state index < -0.39 is 11.5 Å². The molecule has 0 atom stereocenters. The van der Waals surface area contributed by atoms with E-state index in [9.17, 15) is 9.90 Å². The van der Waals surface area contributed by atoms with Gasteiger partial charge in [0.1, 0.15) is 0 Å². The standard InChI is InChI=1S/C22H17BrN2O4/c23-18-12-20-19(28-14-29-20)11-15(18)13-24-25-21(26)22(27,16-7-3-1-4-8-16)17-9-5-2-6-10-17/h1-13,27H,14H2,(H,25,26). The van der Waals surface area contributed by atoms with Gasteiger partial charge in [-0.15, -0.1) is 0 Å². The van der Waals surface area contributed by atoms with Crippen LogP contribution in [0, 0.1) is 0 Å². The lowest BCUT2D eigenvalue weighted by Gasteiger charge is -2.27. The average molecular weight is 453 g/mol. The molecule has 0 aromatic heterocycles. The molecule has 2 N–H and O–H groups in total. The molecule has 3 aromatic rings. The van der Waals surface area contributed by atoms with Crippen LogP contribution in [0.5, 0.6) is 11.5 Å². The molecule has 4 rings (SSSR count). The molecular weight excluding hydrogens is 436 g/mol. The molecule has 0 fully saturated rings. The molecule has 1 aliphatic heterocycles. The monoisotopic (exact) mass is 452 g/mol. The second-order valence-corrected chi connectivity index (χ2v) is 7.22. The van der Waals surface area contributed by atoms with Crippen molar-refractivity contribution in [3.63, 3.8) is 0 Å². The van der Waals surface area contributed by atoms with Crippen LogP contribution >= 0.6 is 15.9 Å². The van der Waals surface area contributed by atoms with Gasteiger partial charge in [-0.05, 0) is 39.2 Å². The Morgan fingerprint density at radius 3 is 2.14 bits per heavy atom. The quantitative estimate of drug-likeness (QED) is 0.458. The number of fused-ring (bicyclic) bond motifs is 1. The van der Waals surface area contributed by atoms with Crippen LogP contribution in [0.1, 0.15) is 16.7 Å². The van der Waals surface area contributed by atoms with E-state index in [-0.39, 0.29) is 6.79 Å². The normalized spacial score (nSPS) is 12.9. The summed E-state index contributed by atoms with van der Waals surface area (Å²) >= 11 is 3.44. The molecule has 1 heterocycles. The number of ether oxygens (including phenoxy) is 2. The summed E-state index contributed by atoms with van der Waals surface area (Å²) in [6.07, 6.45) is 1.47. The Bertz CT molecular complexity index is 1020. The van der Waals surface area contributed by atoms with Gasteiger partial charge < -0.3 is 14.6 Å². The molecule has 29 heavy (non-hydrogen) atoms. The zero-order chi connectivity index (χ0) is 20.3. The Hall–Kier alpha value is -3.16. The fourth-order valence-corrected chi connectivity index (χ4v) is 3.49. The van der Waals surface area contributed by atoms with Gasteiger partial charge in [-0.2, -0.15) is 5.10 Å². The van der Waals surface area contributed by atoms with Crippen LogP contribution in [0.25, 0.3) is 0 Å². The predicted octanol–water partition coefficient (Wildman–Crippen LogP) is 3.56. The number of hydrogen-bond donors (Lipinski definition) is 2. The highest BCUT2D eigenvalue weighted by atomic mass is 79.9. The molecular formula is C22H17BrN2O4. The lowest BCUT2D eigenvalue weighted by Crippen LogP contribution is -2.43. The largest absolute Gasteiger partial charge is 0.454 e. The second kappa shape index (κ2) is 8.06. The fourth-order valence-electron chi connectivity index (χ4n) is 3.06. The van der Waals surface area contributed by atoms with E-state index in [0.29, 0.717) is 28.2 Å². The number of nitrogens with zero attached hydrogens (tertiary/aromatic N) is 1. The number of carbonyl (C=O) groups excluding carboxylic acids is 1. The number of rotatable bonds is 5. The van der Waals surface area contributed by atoms with Crippen LogP contribution < -0.4 is 14.9 Å². The average Bonchev–Trinajstić information content (AvgIpc) is 3.21. The predicted molar refractivity (Wildman–Crippen MR) is 112 cm³/mol. The number of benzene rings is 3. The smallest absolute Gasteiger partial charge is 0.281 e. The molecule has 0 saturated carbocycles. The summed E-state index contributed by atoms with van der Waals surface area (Å²) < 4.78 is 11.4. The Morgan fingerprint density at radius 1 is 1.00 bits per heavy atom. The molecule has 3 aromatic carbocycles. The van der Waals surface area contributed by atoms with E-state index in [1.165, 1.54) is 6.21 Å². The summed E-state index contributed by atoms with van der Waals surface area (Å²) in [5.41, 5.74) is 2.16. The van der Waals surface area contributed by atoms with Gasteiger partial charge in [0.15, 0.2) is 17.1 Å². The van der Waals surface area contributed by atoms with Gasteiger partial charge >= 0.3 is 0 Å². The van der Waals surface area contributed by atoms with Gasteiger partial charge in [0, 0.05) is 10.0 Å². The molecule has 6 nitrogen and oxygen atoms in total. The Morgan fingerprint density at radius 2 is 1.55 bits per heavy atom. The highest BCUT2D eigenvalue weighted by Gasteiger charge is 2.39. The third-order valence-electron chi connectivity index (χ3n) is 4.57. The number of halogens is 1. The first-order valence-corrected chi connectivity index (χ1v) is 9.64. The molecule has 146 valence electrons. The molecule has 0 spiro atoms. The van der Waals surface area contributed by atoms with Gasteiger partial charge in [-0.1, -0.05) is 60.7 Å². The molecule has 0 unspecified atom stereocenters. The maximum absolute atomic E-state index is 13.0. The first kappa shape index (κ1) is 19.2. The van der Waals surface area contributed by atoms with Gasteiger partial charge in [-0.25, -0.2) is 5.43 Å². The first-order valence-electron chi connectivity index (χ1n) is 8.85. The minimum absolute atomic E-state index is 0.167. The summed E-state index contributed by atoms with van der Waals surface area (Å²) in [5, 5.41) is 15.4. The van der Waals surface area contributed by atoms with E-state index in [1.807, 2.05) is 12.1 Å². The van der Waals surface area contributed by atoms with Crippen LogP contribution in [-0.2, 0) is 10.4 Å². The van der Waals surface area contributed by atoms with E-state index in [4.69, 9.17) is 9.47 Å². The van der Waals surface area contributed by atoms with Gasteiger partial charge in [0.25, 0.3) is 5.91 Å². The van der Waals surface area contributed by atoms with Crippen molar-refractivity contribution in [1.29, 1.82) is 0 Å². The van der Waals surface area contributed by atoms with Crippen LogP contribution in [0.15, 0.2) is 82.4 Å². The summed E-state index contributed by atoms with van der Waals surface area (Å²) in [5.74, 6) is 0.578. The highest BCUT2D eigenvalue weighted by Crippen LogP contribution is 2.36.